The Morgan fingerprint density at radius 3 is 2.76 bits per heavy atom. The molecule has 3 rings (SSSR count). The Kier molecular flexibility index (Phi) is 6.25. The summed E-state index contributed by atoms with van der Waals surface area (Å²) in [7, 11) is 0. The molecule has 2 aromatic rings. The van der Waals surface area contributed by atoms with Crippen LogP contribution in [-0.2, 0) is 9.53 Å². The molecule has 5 nitrogen and oxygen atoms in total. The van der Waals surface area contributed by atoms with Gasteiger partial charge in [0.05, 0.1) is 6.10 Å². The van der Waals surface area contributed by atoms with Gasteiger partial charge in [0.25, 0.3) is 5.91 Å². The second-order valence-corrected chi connectivity index (χ2v) is 6.45. The molecule has 1 heterocycles. The molecule has 0 aromatic heterocycles. The predicted octanol–water partition coefficient (Wildman–Crippen LogP) is 2.51. The van der Waals surface area contributed by atoms with Crippen LogP contribution in [0.5, 0.6) is 5.75 Å². The zero-order valence-electron chi connectivity index (χ0n) is 14.3. The van der Waals surface area contributed by atoms with E-state index in [1.54, 1.807) is 0 Å². The predicted molar refractivity (Wildman–Crippen MR) is 96.6 cm³/mol. The van der Waals surface area contributed by atoms with Crippen LogP contribution in [0.1, 0.15) is 19.3 Å². The molecule has 1 aliphatic rings. The third-order valence-electron chi connectivity index (χ3n) is 4.66. The summed E-state index contributed by atoms with van der Waals surface area (Å²) in [6, 6.07) is 13.8. The number of hydrogen-bond donors (Lipinski definition) is 2. The van der Waals surface area contributed by atoms with Crippen molar-refractivity contribution in [2.24, 2.45) is 5.92 Å². The average Bonchev–Trinajstić information content (AvgIpc) is 2.67. The molecular formula is C20H25NO4. The van der Waals surface area contributed by atoms with E-state index in [-0.39, 0.29) is 24.5 Å². The fourth-order valence-corrected chi connectivity index (χ4v) is 3.15. The summed E-state index contributed by atoms with van der Waals surface area (Å²) in [4.78, 5) is 11.9. The number of hydrogen-bond acceptors (Lipinski definition) is 4. The Bertz CT molecular complexity index is 697. The fraction of sp³-hybridized carbons (Fsp3) is 0.450. The van der Waals surface area contributed by atoms with Crippen molar-refractivity contribution in [1.29, 1.82) is 0 Å². The SMILES string of the molecule is O=C(COc1ccc2ccccc2c1)NCC[C@@H](O)C1CCOCC1. The van der Waals surface area contributed by atoms with E-state index in [1.807, 2.05) is 42.5 Å². The van der Waals surface area contributed by atoms with E-state index >= 15 is 0 Å². The summed E-state index contributed by atoms with van der Waals surface area (Å²) in [5, 5.41) is 15.2. The Morgan fingerprint density at radius 2 is 1.96 bits per heavy atom. The van der Waals surface area contributed by atoms with Crippen molar-refractivity contribution in [2.75, 3.05) is 26.4 Å². The van der Waals surface area contributed by atoms with Crippen molar-refractivity contribution in [3.05, 3.63) is 42.5 Å². The van der Waals surface area contributed by atoms with Crippen molar-refractivity contribution in [3.63, 3.8) is 0 Å². The van der Waals surface area contributed by atoms with Crippen molar-refractivity contribution in [1.82, 2.24) is 5.32 Å². The van der Waals surface area contributed by atoms with Gasteiger partial charge in [-0.3, -0.25) is 4.79 Å². The Hall–Kier alpha value is -2.11. The number of amides is 1. The molecule has 1 fully saturated rings. The lowest BCUT2D eigenvalue weighted by molar-refractivity contribution is -0.123. The number of benzene rings is 2. The minimum Gasteiger partial charge on any atom is -0.484 e. The molecule has 0 spiro atoms. The second-order valence-electron chi connectivity index (χ2n) is 6.45. The van der Waals surface area contributed by atoms with Gasteiger partial charge in [0.2, 0.25) is 0 Å². The standard InChI is InChI=1S/C20H25NO4/c22-19(16-8-11-24-12-9-16)7-10-21-20(23)14-25-18-6-5-15-3-1-2-4-17(15)13-18/h1-6,13,16,19,22H,7-12,14H2,(H,21,23)/t19-/m1/s1. The van der Waals surface area contributed by atoms with Gasteiger partial charge in [-0.05, 0) is 48.1 Å². The van der Waals surface area contributed by atoms with Crippen LogP contribution in [0.15, 0.2) is 42.5 Å². The number of aliphatic hydroxyl groups is 1. The van der Waals surface area contributed by atoms with Crippen LogP contribution >= 0.6 is 0 Å². The van der Waals surface area contributed by atoms with Gasteiger partial charge in [0.15, 0.2) is 6.61 Å². The number of ether oxygens (including phenoxy) is 2. The topological polar surface area (TPSA) is 67.8 Å². The first-order valence-corrected chi connectivity index (χ1v) is 8.86. The van der Waals surface area contributed by atoms with Gasteiger partial charge in [0.1, 0.15) is 5.75 Å². The molecule has 25 heavy (non-hydrogen) atoms. The monoisotopic (exact) mass is 343 g/mol. The zero-order valence-corrected chi connectivity index (χ0v) is 14.3. The Balaban J connectivity index is 1.38. The summed E-state index contributed by atoms with van der Waals surface area (Å²) in [6.07, 6.45) is 1.96. The van der Waals surface area contributed by atoms with E-state index in [0.29, 0.717) is 31.9 Å². The second kappa shape index (κ2) is 8.83. The first-order valence-electron chi connectivity index (χ1n) is 8.86. The van der Waals surface area contributed by atoms with E-state index in [2.05, 4.69) is 5.32 Å². The minimum absolute atomic E-state index is 0.0221. The highest BCUT2D eigenvalue weighted by Crippen LogP contribution is 2.21. The quantitative estimate of drug-likeness (QED) is 0.811. The molecule has 134 valence electrons. The average molecular weight is 343 g/mol. The van der Waals surface area contributed by atoms with Gasteiger partial charge >= 0.3 is 0 Å². The number of fused-ring (bicyclic) bond motifs is 1. The summed E-state index contributed by atoms with van der Waals surface area (Å²) in [6.45, 7) is 1.87. The number of rotatable bonds is 7. The third kappa shape index (κ3) is 5.18. The lowest BCUT2D eigenvalue weighted by Gasteiger charge is -2.26. The number of aliphatic hydroxyl groups excluding tert-OH is 1. The van der Waals surface area contributed by atoms with Gasteiger partial charge < -0.3 is 19.9 Å². The molecule has 0 saturated carbocycles. The molecule has 5 heteroatoms. The van der Waals surface area contributed by atoms with Crippen molar-refractivity contribution in [3.8, 4) is 5.75 Å². The number of carbonyl (C=O) groups excluding carboxylic acids is 1. The van der Waals surface area contributed by atoms with Gasteiger partial charge in [-0.1, -0.05) is 30.3 Å². The highest BCUT2D eigenvalue weighted by molar-refractivity contribution is 5.84. The van der Waals surface area contributed by atoms with Crippen LogP contribution in [0.3, 0.4) is 0 Å². The lowest BCUT2D eigenvalue weighted by atomic mass is 9.92. The fourth-order valence-electron chi connectivity index (χ4n) is 3.15. The molecule has 0 bridgehead atoms. The summed E-state index contributed by atoms with van der Waals surface area (Å²) in [5.41, 5.74) is 0. The number of carbonyl (C=O) groups is 1. The maximum atomic E-state index is 11.9. The van der Waals surface area contributed by atoms with Crippen molar-refractivity contribution < 1.29 is 19.4 Å². The Labute approximate surface area is 147 Å². The van der Waals surface area contributed by atoms with Crippen LogP contribution in [0.4, 0.5) is 0 Å². The normalized spacial score (nSPS) is 16.5. The van der Waals surface area contributed by atoms with Crippen molar-refractivity contribution in [2.45, 2.75) is 25.4 Å². The summed E-state index contributed by atoms with van der Waals surface area (Å²) >= 11 is 0. The maximum absolute atomic E-state index is 11.9. The van der Waals surface area contributed by atoms with E-state index in [9.17, 15) is 9.90 Å². The van der Waals surface area contributed by atoms with Gasteiger partial charge in [-0.15, -0.1) is 0 Å². The number of nitrogens with one attached hydrogen (secondary N) is 1. The summed E-state index contributed by atoms with van der Waals surface area (Å²) in [5.74, 6) is 0.780. The van der Waals surface area contributed by atoms with Gasteiger partial charge in [0, 0.05) is 19.8 Å². The molecule has 1 saturated heterocycles. The van der Waals surface area contributed by atoms with Crippen molar-refractivity contribution >= 4 is 16.7 Å². The van der Waals surface area contributed by atoms with E-state index in [0.717, 1.165) is 23.6 Å². The van der Waals surface area contributed by atoms with E-state index < -0.39 is 0 Å². The van der Waals surface area contributed by atoms with Crippen LogP contribution in [0.25, 0.3) is 10.8 Å². The van der Waals surface area contributed by atoms with E-state index in [1.165, 1.54) is 0 Å². The molecule has 0 aliphatic carbocycles. The van der Waals surface area contributed by atoms with Gasteiger partial charge in [-0.2, -0.15) is 0 Å². The molecule has 2 N–H and O–H groups in total. The maximum Gasteiger partial charge on any atom is 0.257 e. The van der Waals surface area contributed by atoms with Crippen LogP contribution in [0.2, 0.25) is 0 Å². The lowest BCUT2D eigenvalue weighted by Crippen LogP contribution is -2.34. The molecule has 1 atom stereocenters. The van der Waals surface area contributed by atoms with Crippen LogP contribution < -0.4 is 10.1 Å². The van der Waals surface area contributed by atoms with E-state index in [4.69, 9.17) is 9.47 Å². The molecule has 1 amide bonds. The Morgan fingerprint density at radius 1 is 1.20 bits per heavy atom. The zero-order chi connectivity index (χ0) is 17.5. The van der Waals surface area contributed by atoms with Gasteiger partial charge in [-0.25, -0.2) is 0 Å². The smallest absolute Gasteiger partial charge is 0.257 e. The first-order chi connectivity index (χ1) is 12.2. The third-order valence-corrected chi connectivity index (χ3v) is 4.66. The molecule has 2 aromatic carbocycles. The largest absolute Gasteiger partial charge is 0.484 e. The molecule has 0 radical (unpaired) electrons. The van der Waals surface area contributed by atoms with Crippen LogP contribution in [0, 0.1) is 5.92 Å². The minimum atomic E-state index is -0.384. The van der Waals surface area contributed by atoms with Crippen LogP contribution in [-0.4, -0.2) is 43.5 Å². The first kappa shape index (κ1) is 17.7. The highest BCUT2D eigenvalue weighted by atomic mass is 16.5. The molecule has 0 unspecified atom stereocenters. The molecular weight excluding hydrogens is 318 g/mol. The summed E-state index contributed by atoms with van der Waals surface area (Å²) < 4.78 is 10.9. The highest BCUT2D eigenvalue weighted by Gasteiger charge is 2.21. The molecule has 1 aliphatic heterocycles.